The summed E-state index contributed by atoms with van der Waals surface area (Å²) in [6, 6.07) is 6.51. The number of aromatic nitrogens is 2. The van der Waals surface area contributed by atoms with E-state index in [-0.39, 0.29) is 18.1 Å². The molecule has 88 valence electrons. The van der Waals surface area contributed by atoms with Gasteiger partial charge in [0, 0.05) is 0 Å². The second kappa shape index (κ2) is 4.56. The van der Waals surface area contributed by atoms with Crippen LogP contribution < -0.4 is 4.74 Å². The molecule has 0 bridgehead atoms. The maximum Gasteiger partial charge on any atom is 0.353 e. The van der Waals surface area contributed by atoms with Gasteiger partial charge in [-0.15, -0.1) is 0 Å². The topological polar surface area (TPSA) is 95.4 Å². The minimum Gasteiger partial charge on any atom is -0.504 e. The Labute approximate surface area is 96.5 Å². The summed E-state index contributed by atoms with van der Waals surface area (Å²) >= 11 is 0. The lowest BCUT2D eigenvalue weighted by atomic mass is 10.3. The molecular formula is C11H10N2O4. The molecule has 6 heteroatoms. The fourth-order valence-corrected chi connectivity index (χ4v) is 1.27. The quantitative estimate of drug-likeness (QED) is 0.743. The molecule has 2 aromatic rings. The van der Waals surface area contributed by atoms with Crippen molar-refractivity contribution >= 4 is 5.97 Å². The molecule has 0 aliphatic heterocycles. The molecule has 1 heterocycles. The number of ether oxygens (including phenoxy) is 1. The van der Waals surface area contributed by atoms with E-state index in [2.05, 4.69) is 9.97 Å². The lowest BCUT2D eigenvalue weighted by Crippen LogP contribution is -2.00. The van der Waals surface area contributed by atoms with Gasteiger partial charge in [0.25, 0.3) is 0 Å². The fourth-order valence-electron chi connectivity index (χ4n) is 1.27. The number of nitrogens with zero attached hydrogens (tertiary/aromatic N) is 1. The van der Waals surface area contributed by atoms with E-state index < -0.39 is 5.97 Å². The Kier molecular flexibility index (Phi) is 2.95. The molecule has 0 aliphatic carbocycles. The molecule has 0 saturated carbocycles. The summed E-state index contributed by atoms with van der Waals surface area (Å²) in [5, 5.41) is 18.1. The Balaban J connectivity index is 2.02. The van der Waals surface area contributed by atoms with E-state index in [0.717, 1.165) is 0 Å². The molecule has 17 heavy (non-hydrogen) atoms. The van der Waals surface area contributed by atoms with Crippen LogP contribution in [0, 0.1) is 0 Å². The molecule has 0 spiro atoms. The number of hydrogen-bond donors (Lipinski definition) is 3. The van der Waals surface area contributed by atoms with Crippen LogP contribution in [-0.2, 0) is 6.61 Å². The summed E-state index contributed by atoms with van der Waals surface area (Å²) in [6.45, 7) is 0.0604. The second-order valence-corrected chi connectivity index (χ2v) is 3.31. The summed E-state index contributed by atoms with van der Waals surface area (Å²) in [5.74, 6) is -0.352. The number of rotatable bonds is 4. The number of carboxylic acid groups (broad SMARTS) is 1. The molecule has 2 rings (SSSR count). The lowest BCUT2D eigenvalue weighted by Gasteiger charge is -2.05. The van der Waals surface area contributed by atoms with E-state index in [1.807, 2.05) is 0 Å². The standard InChI is InChI=1S/C11H10N2O4/c14-8-3-1-2-4-9(8)17-6-10-12-5-7(13-10)11(15)16/h1-5,14H,6H2,(H,12,13)(H,15,16). The van der Waals surface area contributed by atoms with Gasteiger partial charge in [-0.1, -0.05) is 12.1 Å². The van der Waals surface area contributed by atoms with E-state index >= 15 is 0 Å². The highest BCUT2D eigenvalue weighted by molar-refractivity contribution is 5.84. The summed E-state index contributed by atoms with van der Waals surface area (Å²) < 4.78 is 5.28. The Morgan fingerprint density at radius 3 is 2.82 bits per heavy atom. The number of carboxylic acids is 1. The second-order valence-electron chi connectivity index (χ2n) is 3.31. The first-order chi connectivity index (χ1) is 8.16. The van der Waals surface area contributed by atoms with Crippen molar-refractivity contribution in [3.05, 3.63) is 42.0 Å². The number of aromatic hydroxyl groups is 1. The molecule has 0 aliphatic rings. The van der Waals surface area contributed by atoms with Crippen LogP contribution in [0.25, 0.3) is 0 Å². The zero-order valence-corrected chi connectivity index (χ0v) is 8.75. The number of H-pyrrole nitrogens is 1. The van der Waals surface area contributed by atoms with Crippen molar-refractivity contribution in [1.29, 1.82) is 0 Å². The molecule has 1 aromatic heterocycles. The van der Waals surface area contributed by atoms with Crippen molar-refractivity contribution < 1.29 is 19.7 Å². The van der Waals surface area contributed by atoms with Crippen molar-refractivity contribution in [3.63, 3.8) is 0 Å². The van der Waals surface area contributed by atoms with Gasteiger partial charge in [-0.25, -0.2) is 9.78 Å². The molecule has 1 aromatic carbocycles. The van der Waals surface area contributed by atoms with Crippen LogP contribution in [0.5, 0.6) is 11.5 Å². The maximum absolute atomic E-state index is 10.6. The maximum atomic E-state index is 10.6. The van der Waals surface area contributed by atoms with E-state index in [1.54, 1.807) is 18.2 Å². The molecule has 0 unspecified atom stereocenters. The fraction of sp³-hybridized carbons (Fsp3) is 0.0909. The minimum absolute atomic E-state index is 0.000818. The Hall–Kier alpha value is -2.50. The number of imidazole rings is 1. The zero-order valence-electron chi connectivity index (χ0n) is 8.75. The predicted molar refractivity (Wildman–Crippen MR) is 58.0 cm³/mol. The van der Waals surface area contributed by atoms with Gasteiger partial charge in [0.15, 0.2) is 11.5 Å². The molecule has 0 atom stereocenters. The van der Waals surface area contributed by atoms with Crippen molar-refractivity contribution in [3.8, 4) is 11.5 Å². The Bertz CT molecular complexity index is 536. The van der Waals surface area contributed by atoms with Crippen molar-refractivity contribution in [1.82, 2.24) is 9.97 Å². The van der Waals surface area contributed by atoms with Gasteiger partial charge >= 0.3 is 5.97 Å². The third-order valence-electron chi connectivity index (χ3n) is 2.09. The number of phenols is 1. The number of phenolic OH excluding ortho intramolecular Hbond substituents is 1. The van der Waals surface area contributed by atoms with E-state index in [4.69, 9.17) is 9.84 Å². The van der Waals surface area contributed by atoms with Crippen LogP contribution in [0.3, 0.4) is 0 Å². The van der Waals surface area contributed by atoms with Crippen LogP contribution in [-0.4, -0.2) is 26.2 Å². The van der Waals surface area contributed by atoms with E-state index in [9.17, 15) is 9.90 Å². The lowest BCUT2D eigenvalue weighted by molar-refractivity contribution is 0.0691. The number of carbonyl (C=O) groups is 1. The van der Waals surface area contributed by atoms with Gasteiger partial charge in [-0.05, 0) is 12.1 Å². The van der Waals surface area contributed by atoms with Gasteiger partial charge in [0.2, 0.25) is 0 Å². The van der Waals surface area contributed by atoms with E-state index in [1.165, 1.54) is 12.3 Å². The smallest absolute Gasteiger partial charge is 0.353 e. The highest BCUT2D eigenvalue weighted by Crippen LogP contribution is 2.24. The third kappa shape index (κ3) is 2.54. The highest BCUT2D eigenvalue weighted by Gasteiger charge is 2.08. The van der Waals surface area contributed by atoms with Crippen LogP contribution >= 0.6 is 0 Å². The number of aromatic carboxylic acids is 1. The molecule has 0 fully saturated rings. The van der Waals surface area contributed by atoms with Crippen LogP contribution in [0.4, 0.5) is 0 Å². The average Bonchev–Trinajstić information content (AvgIpc) is 2.77. The monoisotopic (exact) mass is 234 g/mol. The van der Waals surface area contributed by atoms with E-state index in [0.29, 0.717) is 11.6 Å². The largest absolute Gasteiger partial charge is 0.504 e. The third-order valence-corrected chi connectivity index (χ3v) is 2.09. The number of nitrogens with one attached hydrogen (secondary N) is 1. The number of para-hydroxylation sites is 2. The summed E-state index contributed by atoms with van der Waals surface area (Å²) in [5.41, 5.74) is 0.000818. The van der Waals surface area contributed by atoms with Crippen molar-refractivity contribution in [2.75, 3.05) is 0 Å². The first-order valence-corrected chi connectivity index (χ1v) is 4.85. The van der Waals surface area contributed by atoms with Gasteiger partial charge in [0.05, 0.1) is 6.20 Å². The molecule has 0 saturated heterocycles. The molecular weight excluding hydrogens is 224 g/mol. The predicted octanol–water partition coefficient (Wildman–Crippen LogP) is 1.39. The zero-order chi connectivity index (χ0) is 12.3. The van der Waals surface area contributed by atoms with Crippen LogP contribution in [0.1, 0.15) is 16.3 Å². The van der Waals surface area contributed by atoms with Crippen LogP contribution in [0.15, 0.2) is 30.5 Å². The van der Waals surface area contributed by atoms with Crippen LogP contribution in [0.2, 0.25) is 0 Å². The van der Waals surface area contributed by atoms with Gasteiger partial charge in [-0.2, -0.15) is 0 Å². The Morgan fingerprint density at radius 2 is 2.18 bits per heavy atom. The van der Waals surface area contributed by atoms with Crippen molar-refractivity contribution in [2.24, 2.45) is 0 Å². The molecule has 3 N–H and O–H groups in total. The van der Waals surface area contributed by atoms with Gasteiger partial charge in [0.1, 0.15) is 18.1 Å². The number of aromatic amines is 1. The number of hydrogen-bond acceptors (Lipinski definition) is 4. The van der Waals surface area contributed by atoms with Crippen molar-refractivity contribution in [2.45, 2.75) is 6.61 Å². The summed E-state index contributed by atoms with van der Waals surface area (Å²) in [6.07, 6.45) is 1.21. The Morgan fingerprint density at radius 1 is 1.41 bits per heavy atom. The normalized spacial score (nSPS) is 10.1. The first-order valence-electron chi connectivity index (χ1n) is 4.85. The summed E-state index contributed by atoms with van der Waals surface area (Å²) in [4.78, 5) is 17.0. The average molecular weight is 234 g/mol. The SMILES string of the molecule is O=C(O)c1cnc(COc2ccccc2O)[nH]1. The highest BCUT2D eigenvalue weighted by atomic mass is 16.5. The minimum atomic E-state index is -1.08. The molecule has 0 radical (unpaired) electrons. The van der Waals surface area contributed by atoms with Gasteiger partial charge < -0.3 is 19.9 Å². The molecule has 0 amide bonds. The number of benzene rings is 1. The first kappa shape index (κ1) is 11.0. The summed E-state index contributed by atoms with van der Waals surface area (Å²) in [7, 11) is 0. The molecule has 6 nitrogen and oxygen atoms in total. The van der Waals surface area contributed by atoms with Gasteiger partial charge in [-0.3, -0.25) is 0 Å².